The van der Waals surface area contributed by atoms with Crippen LogP contribution in [0.2, 0.25) is 0 Å². The SMILES string of the molecule is C=C(C)COCCNC1CCC(NC(=O)OC(C)(C)C)C1. The summed E-state index contributed by atoms with van der Waals surface area (Å²) in [6, 6.07) is 0.645. The molecule has 1 saturated carbocycles. The molecule has 5 nitrogen and oxygen atoms in total. The summed E-state index contributed by atoms with van der Waals surface area (Å²) in [5.74, 6) is 0. The first-order valence-electron chi connectivity index (χ1n) is 7.71. The van der Waals surface area contributed by atoms with Gasteiger partial charge in [-0.3, -0.25) is 0 Å². The molecule has 5 heteroatoms. The van der Waals surface area contributed by atoms with Crippen molar-refractivity contribution in [2.75, 3.05) is 19.8 Å². The number of rotatable bonds is 7. The first-order chi connectivity index (χ1) is 9.76. The van der Waals surface area contributed by atoms with Gasteiger partial charge in [-0.25, -0.2) is 4.79 Å². The highest BCUT2D eigenvalue weighted by atomic mass is 16.6. The fourth-order valence-corrected chi connectivity index (χ4v) is 2.35. The molecule has 1 aliphatic rings. The van der Waals surface area contributed by atoms with Crippen molar-refractivity contribution in [2.24, 2.45) is 0 Å². The number of hydrogen-bond donors (Lipinski definition) is 2. The Balaban J connectivity index is 2.12. The molecule has 0 aromatic rings. The Hall–Kier alpha value is -1.07. The van der Waals surface area contributed by atoms with Gasteiger partial charge in [0.25, 0.3) is 0 Å². The Morgan fingerprint density at radius 3 is 2.57 bits per heavy atom. The molecule has 1 rings (SSSR count). The van der Waals surface area contributed by atoms with Crippen LogP contribution in [-0.2, 0) is 9.47 Å². The van der Waals surface area contributed by atoms with Crippen LogP contribution in [0.25, 0.3) is 0 Å². The smallest absolute Gasteiger partial charge is 0.407 e. The van der Waals surface area contributed by atoms with Crippen molar-refractivity contribution in [3.8, 4) is 0 Å². The standard InChI is InChI=1S/C16H30N2O3/c1-12(2)11-20-9-8-17-13-6-7-14(10-13)18-15(19)21-16(3,4)5/h13-14,17H,1,6-11H2,2-5H3,(H,18,19). The summed E-state index contributed by atoms with van der Waals surface area (Å²) in [5, 5.41) is 6.40. The van der Waals surface area contributed by atoms with Gasteiger partial charge in [-0.15, -0.1) is 0 Å². The molecule has 0 aliphatic heterocycles. The van der Waals surface area contributed by atoms with Gasteiger partial charge >= 0.3 is 6.09 Å². The third-order valence-corrected chi connectivity index (χ3v) is 3.18. The molecule has 1 amide bonds. The van der Waals surface area contributed by atoms with Gasteiger partial charge in [0, 0.05) is 18.6 Å². The number of carbonyl (C=O) groups is 1. The highest BCUT2D eigenvalue weighted by Gasteiger charge is 2.27. The second-order valence-electron chi connectivity index (χ2n) is 6.82. The molecular formula is C16H30N2O3. The monoisotopic (exact) mass is 298 g/mol. The average Bonchev–Trinajstić information content (AvgIpc) is 2.73. The number of hydrogen-bond acceptors (Lipinski definition) is 4. The fraction of sp³-hybridized carbons (Fsp3) is 0.812. The first kappa shape index (κ1) is 18.0. The molecule has 1 fully saturated rings. The highest BCUT2D eigenvalue weighted by Crippen LogP contribution is 2.19. The van der Waals surface area contributed by atoms with Crippen LogP contribution in [0.15, 0.2) is 12.2 Å². The van der Waals surface area contributed by atoms with E-state index in [0.29, 0.717) is 19.3 Å². The van der Waals surface area contributed by atoms with E-state index >= 15 is 0 Å². The molecule has 0 spiro atoms. The van der Waals surface area contributed by atoms with Crippen molar-refractivity contribution >= 4 is 6.09 Å². The normalized spacial score (nSPS) is 22.1. The number of alkyl carbamates (subject to hydrolysis) is 1. The summed E-state index contributed by atoms with van der Waals surface area (Å²) in [6.07, 6.45) is 2.68. The maximum absolute atomic E-state index is 11.7. The molecular weight excluding hydrogens is 268 g/mol. The minimum absolute atomic E-state index is 0.202. The van der Waals surface area contributed by atoms with Crippen molar-refractivity contribution in [3.63, 3.8) is 0 Å². The van der Waals surface area contributed by atoms with E-state index in [2.05, 4.69) is 17.2 Å². The largest absolute Gasteiger partial charge is 0.444 e. The van der Waals surface area contributed by atoms with E-state index < -0.39 is 5.60 Å². The van der Waals surface area contributed by atoms with Gasteiger partial charge in [0.15, 0.2) is 0 Å². The summed E-state index contributed by atoms with van der Waals surface area (Å²) < 4.78 is 10.7. The minimum Gasteiger partial charge on any atom is -0.444 e. The molecule has 0 bridgehead atoms. The van der Waals surface area contributed by atoms with Crippen molar-refractivity contribution in [1.82, 2.24) is 10.6 Å². The van der Waals surface area contributed by atoms with Crippen LogP contribution in [0.3, 0.4) is 0 Å². The van der Waals surface area contributed by atoms with E-state index in [1.807, 2.05) is 27.7 Å². The van der Waals surface area contributed by atoms with Gasteiger partial charge in [-0.1, -0.05) is 12.2 Å². The molecule has 2 N–H and O–H groups in total. The Kier molecular flexibility index (Phi) is 7.18. The molecule has 0 aromatic heterocycles. The van der Waals surface area contributed by atoms with Crippen molar-refractivity contribution < 1.29 is 14.3 Å². The topological polar surface area (TPSA) is 59.6 Å². The maximum atomic E-state index is 11.7. The van der Waals surface area contributed by atoms with Crippen LogP contribution in [0.5, 0.6) is 0 Å². The molecule has 21 heavy (non-hydrogen) atoms. The fourth-order valence-electron chi connectivity index (χ4n) is 2.35. The van der Waals surface area contributed by atoms with Gasteiger partial charge in [-0.05, 0) is 47.0 Å². The van der Waals surface area contributed by atoms with Crippen LogP contribution < -0.4 is 10.6 Å². The van der Waals surface area contributed by atoms with Gasteiger partial charge in [-0.2, -0.15) is 0 Å². The summed E-state index contributed by atoms with van der Waals surface area (Å²) in [7, 11) is 0. The summed E-state index contributed by atoms with van der Waals surface area (Å²) in [5.41, 5.74) is 0.596. The minimum atomic E-state index is -0.443. The lowest BCUT2D eigenvalue weighted by Gasteiger charge is -2.21. The van der Waals surface area contributed by atoms with Crippen molar-refractivity contribution in [1.29, 1.82) is 0 Å². The molecule has 1 aliphatic carbocycles. The molecule has 0 radical (unpaired) electrons. The Morgan fingerprint density at radius 1 is 1.29 bits per heavy atom. The van der Waals surface area contributed by atoms with E-state index in [1.54, 1.807) is 0 Å². The third kappa shape index (κ3) is 8.73. The molecule has 0 heterocycles. The molecule has 2 unspecified atom stereocenters. The number of amides is 1. The maximum Gasteiger partial charge on any atom is 0.407 e. The highest BCUT2D eigenvalue weighted by molar-refractivity contribution is 5.68. The number of carbonyl (C=O) groups excluding carboxylic acids is 1. The second kappa shape index (κ2) is 8.39. The van der Waals surface area contributed by atoms with Gasteiger partial charge in [0.1, 0.15) is 5.60 Å². The zero-order chi connectivity index (χ0) is 15.9. The lowest BCUT2D eigenvalue weighted by atomic mass is 10.2. The van der Waals surface area contributed by atoms with Gasteiger partial charge < -0.3 is 20.1 Å². The Labute approximate surface area is 128 Å². The van der Waals surface area contributed by atoms with E-state index in [-0.39, 0.29) is 12.1 Å². The van der Waals surface area contributed by atoms with E-state index in [1.165, 1.54) is 0 Å². The van der Waals surface area contributed by atoms with Crippen molar-refractivity contribution in [2.45, 2.75) is 64.6 Å². The van der Waals surface area contributed by atoms with E-state index in [4.69, 9.17) is 9.47 Å². The Bertz CT molecular complexity index is 350. The zero-order valence-corrected chi connectivity index (χ0v) is 13.8. The molecule has 122 valence electrons. The van der Waals surface area contributed by atoms with Crippen molar-refractivity contribution in [3.05, 3.63) is 12.2 Å². The lowest BCUT2D eigenvalue weighted by Crippen LogP contribution is -2.39. The lowest BCUT2D eigenvalue weighted by molar-refractivity contribution is 0.0505. The van der Waals surface area contributed by atoms with Crippen LogP contribution >= 0.6 is 0 Å². The molecule has 2 atom stereocenters. The van der Waals surface area contributed by atoms with E-state index in [9.17, 15) is 4.79 Å². The van der Waals surface area contributed by atoms with Crippen LogP contribution in [0, 0.1) is 0 Å². The Morgan fingerprint density at radius 2 is 1.95 bits per heavy atom. The molecule has 0 saturated heterocycles. The van der Waals surface area contributed by atoms with Gasteiger partial charge in [0.05, 0.1) is 13.2 Å². The first-order valence-corrected chi connectivity index (χ1v) is 7.71. The van der Waals surface area contributed by atoms with Crippen LogP contribution in [-0.4, -0.2) is 43.5 Å². The molecule has 0 aromatic carbocycles. The average molecular weight is 298 g/mol. The summed E-state index contributed by atoms with van der Waals surface area (Å²) in [4.78, 5) is 11.7. The summed E-state index contributed by atoms with van der Waals surface area (Å²) in [6.45, 7) is 13.5. The number of ether oxygens (including phenoxy) is 2. The predicted molar refractivity (Wildman–Crippen MR) is 84.4 cm³/mol. The zero-order valence-electron chi connectivity index (χ0n) is 13.8. The quantitative estimate of drug-likeness (QED) is 0.560. The van der Waals surface area contributed by atoms with Crippen LogP contribution in [0.1, 0.15) is 47.0 Å². The number of nitrogens with one attached hydrogen (secondary N) is 2. The van der Waals surface area contributed by atoms with E-state index in [0.717, 1.165) is 31.4 Å². The second-order valence-corrected chi connectivity index (χ2v) is 6.82. The predicted octanol–water partition coefficient (Wildman–Crippen LogP) is 2.61. The van der Waals surface area contributed by atoms with Crippen LogP contribution in [0.4, 0.5) is 4.79 Å². The van der Waals surface area contributed by atoms with Gasteiger partial charge in [0.2, 0.25) is 0 Å². The summed E-state index contributed by atoms with van der Waals surface area (Å²) >= 11 is 0. The third-order valence-electron chi connectivity index (χ3n) is 3.18.